The average Bonchev–Trinajstić information content (AvgIpc) is 3.10. The van der Waals surface area contributed by atoms with Gasteiger partial charge in [-0.1, -0.05) is 12.2 Å². The Hall–Kier alpha value is -2.45. The van der Waals surface area contributed by atoms with Gasteiger partial charge in [-0.15, -0.1) is 13.2 Å². The predicted molar refractivity (Wildman–Crippen MR) is 112 cm³/mol. The maximum atomic E-state index is 5.94. The molecule has 28 heavy (non-hydrogen) atoms. The molecule has 3 heterocycles. The SMILES string of the molecule is C=CCNc1nc(N2CCC(OCC)(OCC)CC2)nc2c1ncn2CC=C. The summed E-state index contributed by atoms with van der Waals surface area (Å²) in [6.45, 7) is 15.7. The van der Waals surface area contributed by atoms with Gasteiger partial charge in [-0.2, -0.15) is 9.97 Å². The maximum Gasteiger partial charge on any atom is 0.229 e. The number of imidazole rings is 1. The third-order valence-electron chi connectivity index (χ3n) is 4.81. The monoisotopic (exact) mass is 386 g/mol. The molecule has 0 bridgehead atoms. The molecule has 0 spiro atoms. The Bertz CT molecular complexity index is 802. The number of allylic oxidation sites excluding steroid dienone is 1. The van der Waals surface area contributed by atoms with Gasteiger partial charge in [-0.3, -0.25) is 0 Å². The number of piperidine rings is 1. The normalized spacial score (nSPS) is 16.3. The van der Waals surface area contributed by atoms with Gasteiger partial charge >= 0.3 is 0 Å². The second-order valence-electron chi connectivity index (χ2n) is 6.66. The van der Waals surface area contributed by atoms with Crippen molar-refractivity contribution >= 4 is 22.9 Å². The minimum absolute atomic E-state index is 0.501. The summed E-state index contributed by atoms with van der Waals surface area (Å²) in [5.74, 6) is 0.902. The zero-order valence-corrected chi connectivity index (χ0v) is 16.9. The molecule has 1 aliphatic heterocycles. The number of aromatic nitrogens is 4. The fourth-order valence-corrected chi connectivity index (χ4v) is 3.54. The zero-order valence-electron chi connectivity index (χ0n) is 16.9. The molecule has 0 unspecified atom stereocenters. The number of anilines is 2. The number of rotatable bonds is 10. The maximum absolute atomic E-state index is 5.94. The topological polar surface area (TPSA) is 77.3 Å². The van der Waals surface area contributed by atoms with Crippen molar-refractivity contribution in [3.8, 4) is 0 Å². The van der Waals surface area contributed by atoms with Crippen LogP contribution in [-0.4, -0.2) is 58.2 Å². The molecule has 1 fully saturated rings. The van der Waals surface area contributed by atoms with Crippen LogP contribution in [0, 0.1) is 0 Å². The lowest BCUT2D eigenvalue weighted by molar-refractivity contribution is -0.242. The van der Waals surface area contributed by atoms with Crippen molar-refractivity contribution in [3.05, 3.63) is 31.6 Å². The molecule has 8 nitrogen and oxygen atoms in total. The number of nitrogens with zero attached hydrogens (tertiary/aromatic N) is 5. The van der Waals surface area contributed by atoms with Crippen LogP contribution in [0.1, 0.15) is 26.7 Å². The van der Waals surface area contributed by atoms with Crippen LogP contribution in [-0.2, 0) is 16.0 Å². The van der Waals surface area contributed by atoms with E-state index >= 15 is 0 Å². The molecular weight excluding hydrogens is 356 g/mol. The Kier molecular flexibility index (Phi) is 6.64. The van der Waals surface area contributed by atoms with Gasteiger partial charge in [0.25, 0.3) is 0 Å². The number of ether oxygens (including phenoxy) is 2. The summed E-state index contributed by atoms with van der Waals surface area (Å²) < 4.78 is 13.9. The van der Waals surface area contributed by atoms with Crippen molar-refractivity contribution in [3.63, 3.8) is 0 Å². The van der Waals surface area contributed by atoms with Gasteiger partial charge in [0.2, 0.25) is 5.95 Å². The third-order valence-corrected chi connectivity index (χ3v) is 4.81. The fraction of sp³-hybridized carbons (Fsp3) is 0.550. The van der Waals surface area contributed by atoms with Crippen molar-refractivity contribution in [1.82, 2.24) is 19.5 Å². The van der Waals surface area contributed by atoms with E-state index in [1.807, 2.05) is 24.5 Å². The Morgan fingerprint density at radius 3 is 2.46 bits per heavy atom. The standard InChI is InChI=1S/C20H30N6O2/c1-5-11-21-17-16-18(26(12-6-2)15-22-16)24-19(23-17)25-13-9-20(10-14-25,27-7-3)28-8-4/h5-6,15H,1-2,7-14H2,3-4H3,(H,21,23,24). The largest absolute Gasteiger partial charge is 0.365 e. The van der Waals surface area contributed by atoms with E-state index in [1.165, 1.54) is 0 Å². The first-order chi connectivity index (χ1) is 13.7. The van der Waals surface area contributed by atoms with Crippen LogP contribution < -0.4 is 10.2 Å². The summed E-state index contributed by atoms with van der Waals surface area (Å²) in [6.07, 6.45) is 6.96. The van der Waals surface area contributed by atoms with Crippen LogP contribution in [0.3, 0.4) is 0 Å². The van der Waals surface area contributed by atoms with Crippen molar-refractivity contribution in [2.45, 2.75) is 39.0 Å². The quantitative estimate of drug-likeness (QED) is 0.497. The van der Waals surface area contributed by atoms with E-state index in [-0.39, 0.29) is 0 Å². The molecular formula is C20H30N6O2. The highest BCUT2D eigenvalue weighted by Crippen LogP contribution is 2.31. The molecule has 1 saturated heterocycles. The lowest BCUT2D eigenvalue weighted by Crippen LogP contribution is -2.48. The van der Waals surface area contributed by atoms with Crippen molar-refractivity contribution in [2.24, 2.45) is 0 Å². The van der Waals surface area contributed by atoms with Crippen molar-refractivity contribution < 1.29 is 9.47 Å². The Balaban J connectivity index is 1.89. The summed E-state index contributed by atoms with van der Waals surface area (Å²) in [5.41, 5.74) is 1.55. The molecule has 0 atom stereocenters. The van der Waals surface area contributed by atoms with E-state index in [0.717, 1.165) is 37.1 Å². The Morgan fingerprint density at radius 2 is 1.86 bits per heavy atom. The van der Waals surface area contributed by atoms with Gasteiger partial charge in [0.05, 0.1) is 6.33 Å². The molecule has 0 saturated carbocycles. The van der Waals surface area contributed by atoms with Gasteiger partial charge in [0.1, 0.15) is 0 Å². The predicted octanol–water partition coefficient (Wildman–Crippen LogP) is 2.98. The van der Waals surface area contributed by atoms with Crippen LogP contribution in [0.15, 0.2) is 31.6 Å². The second-order valence-corrected chi connectivity index (χ2v) is 6.66. The van der Waals surface area contributed by atoms with Crippen molar-refractivity contribution in [1.29, 1.82) is 0 Å². The first-order valence-electron chi connectivity index (χ1n) is 9.87. The van der Waals surface area contributed by atoms with Crippen LogP contribution >= 0.6 is 0 Å². The average molecular weight is 387 g/mol. The molecule has 0 amide bonds. The van der Waals surface area contributed by atoms with E-state index in [4.69, 9.17) is 19.4 Å². The van der Waals surface area contributed by atoms with E-state index in [2.05, 4.69) is 28.4 Å². The number of hydrogen-bond acceptors (Lipinski definition) is 7. The molecule has 2 aromatic rings. The highest BCUT2D eigenvalue weighted by molar-refractivity contribution is 5.84. The van der Waals surface area contributed by atoms with Gasteiger partial charge in [-0.25, -0.2) is 4.98 Å². The van der Waals surface area contributed by atoms with Gasteiger partial charge in [0, 0.05) is 52.2 Å². The smallest absolute Gasteiger partial charge is 0.229 e. The molecule has 0 radical (unpaired) electrons. The lowest BCUT2D eigenvalue weighted by atomic mass is 10.0. The molecule has 3 rings (SSSR count). The van der Waals surface area contributed by atoms with Crippen LogP contribution in [0.4, 0.5) is 11.8 Å². The minimum atomic E-state index is -0.501. The van der Waals surface area contributed by atoms with Gasteiger partial charge < -0.3 is 24.3 Å². The molecule has 1 aliphatic rings. The number of fused-ring (bicyclic) bond motifs is 1. The van der Waals surface area contributed by atoms with E-state index in [0.29, 0.717) is 38.1 Å². The minimum Gasteiger partial charge on any atom is -0.365 e. The van der Waals surface area contributed by atoms with Crippen LogP contribution in [0.5, 0.6) is 0 Å². The summed E-state index contributed by atoms with van der Waals surface area (Å²) in [4.78, 5) is 16.2. The van der Waals surface area contributed by atoms with Gasteiger partial charge in [-0.05, 0) is 13.8 Å². The summed E-state index contributed by atoms with van der Waals surface area (Å²) >= 11 is 0. The van der Waals surface area contributed by atoms with E-state index < -0.39 is 5.79 Å². The van der Waals surface area contributed by atoms with Crippen LogP contribution in [0.2, 0.25) is 0 Å². The molecule has 0 aromatic carbocycles. The summed E-state index contributed by atoms with van der Waals surface area (Å²) in [5, 5.41) is 3.28. The highest BCUT2D eigenvalue weighted by Gasteiger charge is 2.37. The Labute approximate surface area is 166 Å². The fourth-order valence-electron chi connectivity index (χ4n) is 3.54. The second kappa shape index (κ2) is 9.16. The third kappa shape index (κ3) is 4.18. The highest BCUT2D eigenvalue weighted by atomic mass is 16.7. The molecule has 2 aromatic heterocycles. The van der Waals surface area contributed by atoms with Crippen molar-refractivity contribution in [2.75, 3.05) is 43.1 Å². The first kappa shape index (κ1) is 20.3. The van der Waals surface area contributed by atoms with Crippen LogP contribution in [0.25, 0.3) is 11.2 Å². The van der Waals surface area contributed by atoms with Gasteiger partial charge in [0.15, 0.2) is 22.8 Å². The molecule has 1 N–H and O–H groups in total. The van der Waals surface area contributed by atoms with E-state index in [9.17, 15) is 0 Å². The van der Waals surface area contributed by atoms with E-state index in [1.54, 1.807) is 12.4 Å². The lowest BCUT2D eigenvalue weighted by Gasteiger charge is -2.41. The number of nitrogens with one attached hydrogen (secondary N) is 1. The molecule has 8 heteroatoms. The molecule has 0 aliphatic carbocycles. The summed E-state index contributed by atoms with van der Waals surface area (Å²) in [7, 11) is 0. The molecule has 152 valence electrons. The number of hydrogen-bond donors (Lipinski definition) is 1. The zero-order chi connectivity index (χ0) is 20.0. The first-order valence-corrected chi connectivity index (χ1v) is 9.87. The summed E-state index contributed by atoms with van der Waals surface area (Å²) in [6, 6.07) is 0. The Morgan fingerprint density at radius 1 is 1.14 bits per heavy atom.